The quantitative estimate of drug-likeness (QED) is 0.118. The topological polar surface area (TPSA) is 19.1 Å². The minimum atomic E-state index is 0.857. The predicted molar refractivity (Wildman–Crippen MR) is 477 cm³/mol. The van der Waals surface area contributed by atoms with Crippen LogP contribution in [0.5, 0.6) is 5.75 Å². The second-order valence-electron chi connectivity index (χ2n) is 29.3. The first-order valence-electron chi connectivity index (χ1n) is 38.6. The Hall–Kier alpha value is -14.6. The van der Waals surface area contributed by atoms with Crippen LogP contribution < -0.4 is 4.74 Å². The molecule has 20 aromatic carbocycles. The zero-order valence-corrected chi connectivity index (χ0v) is 61.6. The fourth-order valence-electron chi connectivity index (χ4n) is 17.9. The van der Waals surface area contributed by atoms with Gasteiger partial charge in [-0.3, -0.25) is 0 Å². The molecule has 0 N–H and O–H groups in total. The average Bonchev–Trinajstić information content (AvgIpc) is 1.35. The molecule has 0 radical (unpaired) electrons. The number of nitrogens with zero attached hydrogens (tertiary/aromatic N) is 2. The zero-order valence-electron chi connectivity index (χ0n) is 61.6. The van der Waals surface area contributed by atoms with Gasteiger partial charge in [0.05, 0.1) is 29.2 Å². The van der Waals surface area contributed by atoms with Gasteiger partial charge in [0.15, 0.2) is 0 Å². The van der Waals surface area contributed by atoms with Crippen LogP contribution in [0.3, 0.4) is 0 Å². The minimum absolute atomic E-state index is 0.857. The van der Waals surface area contributed by atoms with Gasteiger partial charge in [0.2, 0.25) is 0 Å². The van der Waals surface area contributed by atoms with Gasteiger partial charge in [0.25, 0.3) is 0 Å². The standard InChI is InChI=1S/C58H37N.C51H35NO/c1-2-16-40(17-3-1)57-49-22-8-10-24-51(49)58(52-25-11-9-23-50(52)57)41-28-32-44(33-29-41)59-55-34-30-42(47-26-12-18-38-14-4-6-20-45(38)47)36-53(55)54-37-43(31-35-56(54)59)48-27-13-19-39-15-5-7-21-46(39)48;1-53-41-28-22-37(23-29-41)51-44-18-10-8-16-42(44)50(43-17-9-11-19-45(43)51)36-20-26-40(27-21-36)52-48-30-24-38(34-12-4-2-5-13-34)32-46(48)47-33-39(25-31-49(47)52)35-14-6-3-7-15-35/h1-37H;2-33H,1H3. The summed E-state index contributed by atoms with van der Waals surface area (Å²) in [6, 6.07) is 153. The van der Waals surface area contributed by atoms with Gasteiger partial charge in [-0.2, -0.15) is 0 Å². The Bertz CT molecular complexity index is 7060. The smallest absolute Gasteiger partial charge is 0.118 e. The molecule has 0 fully saturated rings. The van der Waals surface area contributed by atoms with Gasteiger partial charge >= 0.3 is 0 Å². The minimum Gasteiger partial charge on any atom is -0.497 e. The normalized spacial score (nSPS) is 11.6. The van der Waals surface area contributed by atoms with E-state index >= 15 is 0 Å². The molecule has 0 amide bonds. The maximum atomic E-state index is 5.49. The van der Waals surface area contributed by atoms with Crippen molar-refractivity contribution in [1.29, 1.82) is 0 Å². The lowest BCUT2D eigenvalue weighted by Crippen LogP contribution is -1.95. The van der Waals surface area contributed by atoms with Crippen LogP contribution in [0.15, 0.2) is 419 Å². The van der Waals surface area contributed by atoms with Crippen LogP contribution in [0.2, 0.25) is 0 Å². The monoisotopic (exact) mass is 1420 g/mol. The molecule has 22 rings (SSSR count). The Morgan fingerprint density at radius 2 is 0.411 bits per heavy atom. The number of hydrogen-bond donors (Lipinski definition) is 0. The molecular weight excluding hydrogens is 1350 g/mol. The summed E-state index contributed by atoms with van der Waals surface area (Å²) >= 11 is 0. The van der Waals surface area contributed by atoms with Gasteiger partial charge in [0, 0.05) is 32.9 Å². The molecule has 2 aromatic heterocycles. The van der Waals surface area contributed by atoms with E-state index in [2.05, 4.69) is 416 Å². The summed E-state index contributed by atoms with van der Waals surface area (Å²) in [5.74, 6) is 0.857. The van der Waals surface area contributed by atoms with Crippen LogP contribution >= 0.6 is 0 Å². The van der Waals surface area contributed by atoms with E-state index in [9.17, 15) is 0 Å². The van der Waals surface area contributed by atoms with Crippen LogP contribution in [-0.2, 0) is 0 Å². The first-order valence-corrected chi connectivity index (χ1v) is 38.6. The number of methoxy groups -OCH3 is 1. The van der Waals surface area contributed by atoms with Gasteiger partial charge < -0.3 is 13.9 Å². The highest BCUT2D eigenvalue weighted by Gasteiger charge is 2.23. The Kier molecular flexibility index (Phi) is 16.1. The Balaban J connectivity index is 0.000000142. The van der Waals surface area contributed by atoms with E-state index in [1.54, 1.807) is 7.11 Å². The van der Waals surface area contributed by atoms with Crippen molar-refractivity contribution in [3.63, 3.8) is 0 Å². The molecule has 0 atom stereocenters. The van der Waals surface area contributed by atoms with Gasteiger partial charge in [-0.05, 0) is 239 Å². The zero-order chi connectivity index (χ0) is 74.2. The van der Waals surface area contributed by atoms with E-state index in [0.717, 1.165) is 17.1 Å². The molecule has 22 aromatic rings. The van der Waals surface area contributed by atoms with Crippen molar-refractivity contribution in [3.8, 4) is 106 Å². The van der Waals surface area contributed by atoms with E-state index in [1.165, 1.54) is 197 Å². The Labute approximate surface area is 649 Å². The van der Waals surface area contributed by atoms with E-state index in [1.807, 2.05) is 12.1 Å². The van der Waals surface area contributed by atoms with Crippen molar-refractivity contribution >= 4 is 108 Å². The third kappa shape index (κ3) is 11.2. The van der Waals surface area contributed by atoms with Crippen molar-refractivity contribution in [1.82, 2.24) is 9.13 Å². The van der Waals surface area contributed by atoms with Crippen LogP contribution in [0.25, 0.3) is 209 Å². The fraction of sp³-hybridized carbons (Fsp3) is 0.00917. The molecule has 0 aliphatic carbocycles. The third-order valence-corrected chi connectivity index (χ3v) is 23.1. The first-order chi connectivity index (χ1) is 55.5. The summed E-state index contributed by atoms with van der Waals surface area (Å²) in [7, 11) is 1.71. The van der Waals surface area contributed by atoms with Gasteiger partial charge in [0.1, 0.15) is 5.75 Å². The predicted octanol–water partition coefficient (Wildman–Crippen LogP) is 29.8. The first kappa shape index (κ1) is 65.6. The van der Waals surface area contributed by atoms with Gasteiger partial charge in [-0.1, -0.05) is 334 Å². The van der Waals surface area contributed by atoms with Crippen molar-refractivity contribution < 1.29 is 4.74 Å². The number of benzene rings is 20. The lowest BCUT2D eigenvalue weighted by molar-refractivity contribution is 0.415. The molecular formula is C109H72N2O. The molecule has 524 valence electrons. The van der Waals surface area contributed by atoms with Crippen molar-refractivity contribution in [2.45, 2.75) is 0 Å². The average molecular weight is 1430 g/mol. The van der Waals surface area contributed by atoms with Crippen molar-refractivity contribution in [3.05, 3.63) is 419 Å². The SMILES string of the molecule is COc1ccc(-c2c3ccccc3c(-c3ccc(-n4c5ccc(-c6ccccc6)cc5c5cc(-c6ccccc6)ccc54)cc3)c3ccccc23)cc1.c1ccc(-c2c3ccccc3c(-c3ccc(-n4c5ccc(-c6cccc7ccccc67)cc5c5cc(-c6cccc7ccccc67)ccc54)cc3)c3ccccc23)cc1. The molecule has 112 heavy (non-hydrogen) atoms. The maximum Gasteiger partial charge on any atom is 0.118 e. The molecule has 0 saturated heterocycles. The molecule has 0 bridgehead atoms. The maximum absolute atomic E-state index is 5.49. The largest absolute Gasteiger partial charge is 0.497 e. The van der Waals surface area contributed by atoms with Gasteiger partial charge in [-0.15, -0.1) is 0 Å². The summed E-state index contributed by atoms with van der Waals surface area (Å²) in [6.45, 7) is 0. The number of ether oxygens (including phenoxy) is 1. The number of aromatic nitrogens is 2. The molecule has 3 nitrogen and oxygen atoms in total. The second-order valence-corrected chi connectivity index (χ2v) is 29.3. The molecule has 2 heterocycles. The lowest BCUT2D eigenvalue weighted by Gasteiger charge is -2.18. The van der Waals surface area contributed by atoms with E-state index in [0.29, 0.717) is 0 Å². The summed E-state index contributed by atoms with van der Waals surface area (Å²) < 4.78 is 10.4. The van der Waals surface area contributed by atoms with Crippen LogP contribution in [-0.4, -0.2) is 16.2 Å². The Morgan fingerprint density at radius 3 is 0.732 bits per heavy atom. The Morgan fingerprint density at radius 1 is 0.170 bits per heavy atom. The molecule has 0 spiro atoms. The van der Waals surface area contributed by atoms with Crippen molar-refractivity contribution in [2.75, 3.05) is 7.11 Å². The summed E-state index contributed by atoms with van der Waals surface area (Å²) in [6.07, 6.45) is 0. The third-order valence-electron chi connectivity index (χ3n) is 23.1. The summed E-state index contributed by atoms with van der Waals surface area (Å²) in [5.41, 5.74) is 26.7. The van der Waals surface area contributed by atoms with Crippen LogP contribution in [0.4, 0.5) is 0 Å². The second kappa shape index (κ2) is 27.5. The van der Waals surface area contributed by atoms with E-state index in [-0.39, 0.29) is 0 Å². The molecule has 0 unspecified atom stereocenters. The summed E-state index contributed by atoms with van der Waals surface area (Å²) in [5, 5.41) is 20.0. The molecule has 0 aliphatic rings. The van der Waals surface area contributed by atoms with Crippen LogP contribution in [0.1, 0.15) is 0 Å². The number of fused-ring (bicyclic) bond motifs is 12. The number of rotatable bonds is 11. The highest BCUT2D eigenvalue weighted by molar-refractivity contribution is 6.24. The van der Waals surface area contributed by atoms with E-state index in [4.69, 9.17) is 4.74 Å². The van der Waals surface area contributed by atoms with Crippen molar-refractivity contribution in [2.24, 2.45) is 0 Å². The molecule has 0 saturated carbocycles. The summed E-state index contributed by atoms with van der Waals surface area (Å²) in [4.78, 5) is 0. The lowest BCUT2D eigenvalue weighted by atomic mass is 9.86. The molecule has 3 heteroatoms. The van der Waals surface area contributed by atoms with Gasteiger partial charge in [-0.25, -0.2) is 0 Å². The fourth-order valence-corrected chi connectivity index (χ4v) is 17.9. The molecule has 0 aliphatic heterocycles. The number of hydrogen-bond acceptors (Lipinski definition) is 1. The van der Waals surface area contributed by atoms with E-state index < -0.39 is 0 Å². The highest BCUT2D eigenvalue weighted by atomic mass is 16.5. The highest BCUT2D eigenvalue weighted by Crippen LogP contribution is 2.48. The van der Waals surface area contributed by atoms with Crippen LogP contribution in [0, 0.1) is 0 Å².